The van der Waals surface area contributed by atoms with E-state index in [1.807, 2.05) is 6.92 Å². The average molecular weight is 277 g/mol. The molecule has 0 spiro atoms. The lowest BCUT2D eigenvalue weighted by molar-refractivity contribution is 0.602. The van der Waals surface area contributed by atoms with Crippen molar-refractivity contribution in [1.82, 2.24) is 9.97 Å². The lowest BCUT2D eigenvalue weighted by Crippen LogP contribution is -2.05. The Morgan fingerprint density at radius 2 is 1.84 bits per heavy atom. The molecule has 0 unspecified atom stereocenters. The largest absolute Gasteiger partial charge is 0.339 e. The fourth-order valence-electron chi connectivity index (χ4n) is 1.68. The van der Waals surface area contributed by atoms with Crippen LogP contribution in [0.1, 0.15) is 11.4 Å². The van der Waals surface area contributed by atoms with Crippen molar-refractivity contribution in [2.24, 2.45) is 0 Å². The van der Waals surface area contributed by atoms with E-state index in [9.17, 15) is 8.42 Å². The van der Waals surface area contributed by atoms with Crippen molar-refractivity contribution in [3.8, 4) is 0 Å². The van der Waals surface area contributed by atoms with Crippen molar-refractivity contribution in [2.75, 3.05) is 11.6 Å². The highest BCUT2D eigenvalue weighted by Gasteiger charge is 2.13. The maximum Gasteiger partial charge on any atom is 0.177 e. The van der Waals surface area contributed by atoms with E-state index in [4.69, 9.17) is 0 Å². The van der Waals surface area contributed by atoms with Crippen LogP contribution in [-0.4, -0.2) is 24.6 Å². The van der Waals surface area contributed by atoms with E-state index in [0.717, 1.165) is 5.56 Å². The van der Waals surface area contributed by atoms with Gasteiger partial charge in [-0.25, -0.2) is 18.4 Å². The Labute approximate surface area is 112 Å². The zero-order valence-corrected chi connectivity index (χ0v) is 11.8. The summed E-state index contributed by atoms with van der Waals surface area (Å²) in [5, 5.41) is 3.06. The molecule has 0 aliphatic rings. The van der Waals surface area contributed by atoms with Gasteiger partial charge in [0.15, 0.2) is 9.84 Å². The third kappa shape index (κ3) is 3.08. The number of benzene rings is 1. The van der Waals surface area contributed by atoms with Crippen molar-refractivity contribution in [3.05, 3.63) is 41.9 Å². The molecule has 0 saturated heterocycles. The quantitative estimate of drug-likeness (QED) is 0.931. The van der Waals surface area contributed by atoms with E-state index in [1.165, 1.54) is 6.26 Å². The summed E-state index contributed by atoms with van der Waals surface area (Å²) in [5.41, 5.74) is 1.38. The average Bonchev–Trinajstić information content (AvgIpc) is 2.33. The minimum atomic E-state index is -3.28. The molecule has 0 amide bonds. The Balaban J connectivity index is 2.47. The first kappa shape index (κ1) is 13.5. The highest BCUT2D eigenvalue weighted by molar-refractivity contribution is 7.90. The zero-order valence-electron chi connectivity index (χ0n) is 11.0. The van der Waals surface area contributed by atoms with Gasteiger partial charge in [0.25, 0.3) is 0 Å². The SMILES string of the molecule is Cc1ncc(C)c(Nc2ccccc2S(C)(=O)=O)n1. The topological polar surface area (TPSA) is 72.0 Å². The first-order valence-corrected chi connectivity index (χ1v) is 7.63. The molecule has 1 aromatic heterocycles. The highest BCUT2D eigenvalue weighted by Crippen LogP contribution is 2.25. The van der Waals surface area contributed by atoms with Crippen molar-refractivity contribution >= 4 is 21.3 Å². The lowest BCUT2D eigenvalue weighted by atomic mass is 10.3. The molecule has 6 heteroatoms. The van der Waals surface area contributed by atoms with Crippen LogP contribution in [0.2, 0.25) is 0 Å². The van der Waals surface area contributed by atoms with Crippen molar-refractivity contribution in [3.63, 3.8) is 0 Å². The molecule has 2 aromatic rings. The van der Waals surface area contributed by atoms with E-state index < -0.39 is 9.84 Å². The second-order valence-corrected chi connectivity index (χ2v) is 6.33. The smallest absolute Gasteiger partial charge is 0.177 e. The molecule has 2 rings (SSSR count). The minimum Gasteiger partial charge on any atom is -0.339 e. The number of rotatable bonds is 3. The number of para-hydroxylation sites is 1. The van der Waals surface area contributed by atoms with Gasteiger partial charge in [0.05, 0.1) is 10.6 Å². The lowest BCUT2D eigenvalue weighted by Gasteiger charge is -2.12. The van der Waals surface area contributed by atoms with E-state index in [1.54, 1.807) is 37.4 Å². The van der Waals surface area contributed by atoms with E-state index in [2.05, 4.69) is 15.3 Å². The summed E-state index contributed by atoms with van der Waals surface area (Å²) < 4.78 is 23.4. The van der Waals surface area contributed by atoms with Crippen molar-refractivity contribution in [1.29, 1.82) is 0 Å². The summed E-state index contributed by atoms with van der Waals surface area (Å²) in [6.45, 7) is 3.65. The fourth-order valence-corrected chi connectivity index (χ4v) is 2.52. The Bertz CT molecular complexity index is 712. The molecule has 0 radical (unpaired) electrons. The molecule has 100 valence electrons. The fraction of sp³-hybridized carbons (Fsp3) is 0.231. The van der Waals surface area contributed by atoms with Gasteiger partial charge in [-0.05, 0) is 26.0 Å². The van der Waals surface area contributed by atoms with E-state index in [-0.39, 0.29) is 4.90 Å². The van der Waals surface area contributed by atoms with Gasteiger partial charge in [0, 0.05) is 18.0 Å². The Morgan fingerprint density at radius 1 is 1.16 bits per heavy atom. The summed E-state index contributed by atoms with van der Waals surface area (Å²) in [6.07, 6.45) is 2.89. The number of aromatic nitrogens is 2. The third-order valence-corrected chi connectivity index (χ3v) is 3.79. The Hall–Kier alpha value is -1.95. The standard InChI is InChI=1S/C13H15N3O2S/c1-9-8-14-10(2)15-13(9)16-11-6-4-5-7-12(11)19(3,17)18/h4-8H,1-3H3,(H,14,15,16). The first-order valence-electron chi connectivity index (χ1n) is 5.74. The summed E-state index contributed by atoms with van der Waals surface area (Å²) in [6, 6.07) is 6.76. The van der Waals surface area contributed by atoms with Crippen LogP contribution in [0, 0.1) is 13.8 Å². The summed E-state index contributed by atoms with van der Waals surface area (Å²) in [7, 11) is -3.28. The molecular formula is C13H15N3O2S. The molecule has 1 heterocycles. The van der Waals surface area contributed by atoms with Gasteiger partial charge in [-0.2, -0.15) is 0 Å². The van der Waals surface area contributed by atoms with Crippen LogP contribution < -0.4 is 5.32 Å². The van der Waals surface area contributed by atoms with Crippen LogP contribution in [0.5, 0.6) is 0 Å². The second kappa shape index (κ2) is 4.97. The maximum absolute atomic E-state index is 11.7. The van der Waals surface area contributed by atoms with Gasteiger partial charge in [-0.15, -0.1) is 0 Å². The molecule has 19 heavy (non-hydrogen) atoms. The zero-order chi connectivity index (χ0) is 14.0. The van der Waals surface area contributed by atoms with Crippen LogP contribution >= 0.6 is 0 Å². The van der Waals surface area contributed by atoms with Crippen LogP contribution in [0.25, 0.3) is 0 Å². The monoisotopic (exact) mass is 277 g/mol. The Kier molecular flexibility index (Phi) is 3.53. The second-order valence-electron chi connectivity index (χ2n) is 4.34. The van der Waals surface area contributed by atoms with Gasteiger partial charge in [-0.1, -0.05) is 12.1 Å². The third-order valence-electron chi connectivity index (χ3n) is 2.63. The molecule has 1 aromatic carbocycles. The predicted octanol–water partition coefficient (Wildman–Crippen LogP) is 2.24. The molecule has 0 fully saturated rings. The van der Waals surface area contributed by atoms with E-state index in [0.29, 0.717) is 17.3 Å². The van der Waals surface area contributed by atoms with Crippen LogP contribution in [-0.2, 0) is 9.84 Å². The summed E-state index contributed by atoms with van der Waals surface area (Å²) in [5.74, 6) is 1.24. The minimum absolute atomic E-state index is 0.255. The summed E-state index contributed by atoms with van der Waals surface area (Å²) >= 11 is 0. The number of hydrogen-bond acceptors (Lipinski definition) is 5. The molecule has 0 aliphatic heterocycles. The van der Waals surface area contributed by atoms with Crippen LogP contribution in [0.15, 0.2) is 35.4 Å². The Morgan fingerprint density at radius 3 is 2.53 bits per heavy atom. The molecule has 5 nitrogen and oxygen atoms in total. The molecule has 0 aliphatic carbocycles. The predicted molar refractivity (Wildman–Crippen MR) is 74.3 cm³/mol. The van der Waals surface area contributed by atoms with Crippen molar-refractivity contribution < 1.29 is 8.42 Å². The number of nitrogens with one attached hydrogen (secondary N) is 1. The van der Waals surface area contributed by atoms with Gasteiger partial charge < -0.3 is 5.32 Å². The number of nitrogens with zero attached hydrogens (tertiary/aromatic N) is 2. The summed E-state index contributed by atoms with van der Waals surface area (Å²) in [4.78, 5) is 8.61. The number of anilines is 2. The molecule has 1 N–H and O–H groups in total. The highest BCUT2D eigenvalue weighted by atomic mass is 32.2. The maximum atomic E-state index is 11.7. The van der Waals surface area contributed by atoms with Gasteiger partial charge in [-0.3, -0.25) is 0 Å². The van der Waals surface area contributed by atoms with Crippen molar-refractivity contribution in [2.45, 2.75) is 18.7 Å². The van der Waals surface area contributed by atoms with Crippen LogP contribution in [0.3, 0.4) is 0 Å². The normalized spacial score (nSPS) is 11.3. The molecule has 0 bridgehead atoms. The van der Waals surface area contributed by atoms with Gasteiger partial charge >= 0.3 is 0 Å². The van der Waals surface area contributed by atoms with E-state index >= 15 is 0 Å². The molecule has 0 saturated carbocycles. The van der Waals surface area contributed by atoms with Gasteiger partial charge in [0.2, 0.25) is 0 Å². The molecular weight excluding hydrogens is 262 g/mol. The first-order chi connectivity index (χ1) is 8.88. The number of hydrogen-bond donors (Lipinski definition) is 1. The van der Waals surface area contributed by atoms with Crippen LogP contribution in [0.4, 0.5) is 11.5 Å². The number of sulfone groups is 1. The molecule has 0 atom stereocenters. The van der Waals surface area contributed by atoms with Gasteiger partial charge in [0.1, 0.15) is 11.6 Å². The number of aryl methyl sites for hydroxylation is 2.